The quantitative estimate of drug-likeness (QED) is 0.595. The van der Waals surface area contributed by atoms with Crippen LogP contribution in [0.25, 0.3) is 10.8 Å². The minimum Gasteiger partial charge on any atom is -0.454 e. The molecule has 1 amide bonds. The molecule has 1 aliphatic heterocycles. The van der Waals surface area contributed by atoms with Crippen molar-refractivity contribution in [2.45, 2.75) is 5.66 Å². The number of rotatable bonds is 4. The summed E-state index contributed by atoms with van der Waals surface area (Å²) in [5, 5.41) is 3.99. The summed E-state index contributed by atoms with van der Waals surface area (Å²) in [6.45, 7) is 0.0911. The second kappa shape index (κ2) is 6.70. The van der Waals surface area contributed by atoms with Crippen LogP contribution in [0.15, 0.2) is 60.7 Å². The van der Waals surface area contributed by atoms with E-state index in [9.17, 15) is 19.1 Å². The predicted octanol–water partition coefficient (Wildman–Crippen LogP) is 3.43. The Morgan fingerprint density at radius 2 is 1.74 bits per heavy atom. The first-order chi connectivity index (χ1) is 12.9. The van der Waals surface area contributed by atoms with Crippen molar-refractivity contribution in [3.63, 3.8) is 0 Å². The van der Waals surface area contributed by atoms with Gasteiger partial charge in [-0.25, -0.2) is 0 Å². The van der Waals surface area contributed by atoms with Crippen LogP contribution in [0.2, 0.25) is 0 Å². The number of fused-ring (bicyclic) bond motifs is 2. The third-order valence-electron chi connectivity index (χ3n) is 4.34. The second-order valence-corrected chi connectivity index (χ2v) is 7.81. The van der Waals surface area contributed by atoms with E-state index in [1.165, 1.54) is 0 Å². The van der Waals surface area contributed by atoms with E-state index < -0.39 is 19.2 Å². The Balaban J connectivity index is 1.72. The van der Waals surface area contributed by atoms with E-state index in [2.05, 4.69) is 5.32 Å². The molecule has 1 unspecified atom stereocenters. The van der Waals surface area contributed by atoms with Gasteiger partial charge in [0.25, 0.3) is 0 Å². The fourth-order valence-corrected chi connectivity index (χ4v) is 4.11. The van der Waals surface area contributed by atoms with Gasteiger partial charge in [-0.2, -0.15) is 0 Å². The van der Waals surface area contributed by atoms with Crippen molar-refractivity contribution in [2.24, 2.45) is 0 Å². The average Bonchev–Trinajstić information content (AvgIpc) is 3.09. The summed E-state index contributed by atoms with van der Waals surface area (Å²) in [4.78, 5) is 32.6. The second-order valence-electron chi connectivity index (χ2n) is 6.12. The van der Waals surface area contributed by atoms with Crippen LogP contribution in [0, 0.1) is 0 Å². The molecule has 138 valence electrons. The maximum Gasteiger partial charge on any atom is 0.342 e. The molecule has 0 saturated heterocycles. The van der Waals surface area contributed by atoms with E-state index in [0.717, 1.165) is 5.39 Å². The molecule has 0 aromatic heterocycles. The highest BCUT2D eigenvalue weighted by molar-refractivity contribution is 7.53. The molecule has 3 aromatic carbocycles. The van der Waals surface area contributed by atoms with Gasteiger partial charge in [0.2, 0.25) is 12.7 Å². The Bertz CT molecular complexity index is 1070. The summed E-state index contributed by atoms with van der Waals surface area (Å²) >= 11 is 0. The van der Waals surface area contributed by atoms with Gasteiger partial charge in [0, 0.05) is 11.8 Å². The van der Waals surface area contributed by atoms with E-state index in [-0.39, 0.29) is 12.4 Å². The van der Waals surface area contributed by atoms with Gasteiger partial charge in [-0.3, -0.25) is 9.36 Å². The molecule has 0 spiro atoms. The number of hydrogen-bond donors (Lipinski definition) is 3. The predicted molar refractivity (Wildman–Crippen MR) is 99.9 cm³/mol. The highest BCUT2D eigenvalue weighted by atomic mass is 31.2. The van der Waals surface area contributed by atoms with E-state index >= 15 is 0 Å². The van der Waals surface area contributed by atoms with Crippen molar-refractivity contribution >= 4 is 30.0 Å². The molecule has 7 nitrogen and oxygen atoms in total. The normalized spacial score (nSPS) is 14.1. The lowest BCUT2D eigenvalue weighted by atomic mass is 10.0. The van der Waals surface area contributed by atoms with E-state index in [1.54, 1.807) is 42.5 Å². The van der Waals surface area contributed by atoms with Crippen LogP contribution in [0.3, 0.4) is 0 Å². The molecule has 1 atom stereocenters. The first kappa shape index (κ1) is 17.5. The maximum absolute atomic E-state index is 12.8. The maximum atomic E-state index is 12.8. The lowest BCUT2D eigenvalue weighted by Crippen LogP contribution is -2.21. The zero-order valence-corrected chi connectivity index (χ0v) is 14.9. The van der Waals surface area contributed by atoms with E-state index in [0.29, 0.717) is 22.6 Å². The minimum absolute atomic E-state index is 0.0911. The third-order valence-corrected chi connectivity index (χ3v) is 5.53. The topological polar surface area (TPSA) is 105 Å². The fraction of sp³-hybridized carbons (Fsp3) is 0.105. The molecule has 3 aromatic rings. The monoisotopic (exact) mass is 385 g/mol. The summed E-state index contributed by atoms with van der Waals surface area (Å²) in [5.74, 6) is 0.220. The SMILES string of the molecule is O=C(Nc1ccc2c(c1)OCO2)C(c1cccc2ccccc12)P(=O)(O)O. The Morgan fingerprint density at radius 1 is 1.00 bits per heavy atom. The van der Waals surface area contributed by atoms with Crippen LogP contribution < -0.4 is 14.8 Å². The van der Waals surface area contributed by atoms with E-state index in [1.807, 2.05) is 18.2 Å². The van der Waals surface area contributed by atoms with E-state index in [4.69, 9.17) is 9.47 Å². The van der Waals surface area contributed by atoms with Crippen molar-refractivity contribution in [3.8, 4) is 11.5 Å². The Hall–Kier alpha value is -2.86. The summed E-state index contributed by atoms with van der Waals surface area (Å²) in [6, 6.07) is 17.0. The Kier molecular flexibility index (Phi) is 4.36. The van der Waals surface area contributed by atoms with Gasteiger partial charge in [0.15, 0.2) is 17.2 Å². The van der Waals surface area contributed by atoms with Gasteiger partial charge in [0.1, 0.15) is 0 Å². The van der Waals surface area contributed by atoms with Crippen LogP contribution in [0.4, 0.5) is 5.69 Å². The molecule has 4 rings (SSSR count). The lowest BCUT2D eigenvalue weighted by molar-refractivity contribution is -0.116. The molecule has 1 aliphatic rings. The standard InChI is InChI=1S/C19H16NO6P/c21-19(20-13-8-9-16-17(10-13)26-11-25-16)18(27(22,23)24)15-7-3-5-12-4-1-2-6-14(12)15/h1-10,18H,11H2,(H,20,21)(H2,22,23,24). The minimum atomic E-state index is -4.78. The summed E-state index contributed by atoms with van der Waals surface area (Å²) in [6.07, 6.45) is 0. The molecule has 0 saturated carbocycles. The van der Waals surface area contributed by atoms with Crippen molar-refractivity contribution in [1.82, 2.24) is 0 Å². The molecular weight excluding hydrogens is 369 g/mol. The number of anilines is 1. The van der Waals surface area contributed by atoms with Gasteiger partial charge >= 0.3 is 7.60 Å². The molecule has 1 heterocycles. The molecule has 3 N–H and O–H groups in total. The van der Waals surface area contributed by atoms with Crippen LogP contribution in [-0.4, -0.2) is 22.5 Å². The number of amides is 1. The number of carbonyl (C=O) groups excluding carboxylic acids is 1. The van der Waals surface area contributed by atoms with Gasteiger partial charge in [-0.15, -0.1) is 0 Å². The Labute approximate surface area is 154 Å². The van der Waals surface area contributed by atoms with Gasteiger partial charge in [-0.1, -0.05) is 42.5 Å². The average molecular weight is 385 g/mol. The lowest BCUT2D eigenvalue weighted by Gasteiger charge is -2.20. The van der Waals surface area contributed by atoms with Crippen LogP contribution in [0.5, 0.6) is 11.5 Å². The number of carbonyl (C=O) groups is 1. The van der Waals surface area contributed by atoms with Crippen LogP contribution in [-0.2, 0) is 9.36 Å². The first-order valence-electron chi connectivity index (χ1n) is 8.17. The third kappa shape index (κ3) is 3.40. The zero-order chi connectivity index (χ0) is 19.0. The van der Waals surface area contributed by atoms with Gasteiger partial charge < -0.3 is 24.6 Å². The number of ether oxygens (including phenoxy) is 2. The van der Waals surface area contributed by atoms with Crippen molar-refractivity contribution < 1.29 is 28.6 Å². The van der Waals surface area contributed by atoms with Crippen molar-refractivity contribution in [1.29, 1.82) is 0 Å². The smallest absolute Gasteiger partial charge is 0.342 e. The molecule has 0 radical (unpaired) electrons. The summed E-state index contributed by atoms with van der Waals surface area (Å²) < 4.78 is 22.7. The highest BCUT2D eigenvalue weighted by Crippen LogP contribution is 2.53. The summed E-state index contributed by atoms with van der Waals surface area (Å²) in [7, 11) is -4.78. The highest BCUT2D eigenvalue weighted by Gasteiger charge is 2.38. The van der Waals surface area contributed by atoms with Crippen molar-refractivity contribution in [2.75, 3.05) is 12.1 Å². The number of nitrogens with one attached hydrogen (secondary N) is 1. The fourth-order valence-electron chi connectivity index (χ4n) is 3.15. The number of hydrogen-bond acceptors (Lipinski definition) is 4. The molecule has 27 heavy (non-hydrogen) atoms. The van der Waals surface area contributed by atoms with Gasteiger partial charge in [0.05, 0.1) is 0 Å². The molecule has 0 aliphatic carbocycles. The number of benzene rings is 3. The van der Waals surface area contributed by atoms with Gasteiger partial charge in [-0.05, 0) is 28.5 Å². The molecular formula is C19H16NO6P. The molecule has 8 heteroatoms. The largest absolute Gasteiger partial charge is 0.454 e. The first-order valence-corrected chi connectivity index (χ1v) is 9.85. The Morgan fingerprint density at radius 3 is 2.56 bits per heavy atom. The van der Waals surface area contributed by atoms with Crippen LogP contribution in [0.1, 0.15) is 11.2 Å². The van der Waals surface area contributed by atoms with Crippen molar-refractivity contribution in [3.05, 3.63) is 66.2 Å². The van der Waals surface area contributed by atoms with Crippen LogP contribution >= 0.6 is 7.60 Å². The summed E-state index contributed by atoms with van der Waals surface area (Å²) in [5.41, 5.74) is -0.989. The molecule has 0 fully saturated rings. The molecule has 0 bridgehead atoms. The zero-order valence-electron chi connectivity index (χ0n) is 14.0.